The van der Waals surface area contributed by atoms with Crippen LogP contribution in [-0.2, 0) is 0 Å². The number of hydrogen-bond acceptors (Lipinski definition) is 2. The number of rotatable bonds is 3. The zero-order valence-corrected chi connectivity index (χ0v) is 26.3. The fraction of sp³-hybridized carbons (Fsp3) is 0. The van der Waals surface area contributed by atoms with Gasteiger partial charge in [-0.1, -0.05) is 109 Å². The van der Waals surface area contributed by atoms with E-state index in [1.807, 2.05) is 24.3 Å². The molecule has 0 aliphatic heterocycles. The van der Waals surface area contributed by atoms with Crippen LogP contribution in [0.4, 0.5) is 0 Å². The molecule has 0 radical (unpaired) electrons. The van der Waals surface area contributed by atoms with Crippen molar-refractivity contribution in [1.29, 1.82) is 0 Å². The van der Waals surface area contributed by atoms with E-state index >= 15 is 0 Å². The molecule has 0 atom stereocenters. The molecule has 0 saturated carbocycles. The predicted octanol–water partition coefficient (Wildman–Crippen LogP) is 12.0. The van der Waals surface area contributed by atoms with Crippen LogP contribution in [0.2, 0.25) is 0 Å². The van der Waals surface area contributed by atoms with Crippen molar-refractivity contribution in [2.24, 2.45) is 0 Å². The average Bonchev–Trinajstić information content (AvgIpc) is 3.84. The fourth-order valence-corrected chi connectivity index (χ4v) is 7.98. The van der Waals surface area contributed by atoms with E-state index < -0.39 is 0 Å². The molecule has 0 fully saturated rings. The maximum Gasteiger partial charge on any atom is 0.307 e. The summed E-state index contributed by atoms with van der Waals surface area (Å²) < 4.78 is 10.9. The number of hydrogen-bond donors (Lipinski definition) is 0. The lowest BCUT2D eigenvalue weighted by Gasteiger charge is -2.11. The van der Waals surface area contributed by atoms with E-state index in [2.05, 4.69) is 149 Å². The van der Waals surface area contributed by atoms with Gasteiger partial charge in [0.2, 0.25) is 0 Å². The van der Waals surface area contributed by atoms with Crippen LogP contribution in [0.15, 0.2) is 168 Å². The van der Waals surface area contributed by atoms with E-state index in [-0.39, 0.29) is 0 Å². The Morgan fingerprint density at radius 1 is 0.429 bits per heavy atom. The van der Waals surface area contributed by atoms with E-state index in [4.69, 9.17) is 9.40 Å². The number of aromatic nitrogens is 3. The van der Waals surface area contributed by atoms with Crippen LogP contribution in [0.1, 0.15) is 0 Å². The van der Waals surface area contributed by atoms with Gasteiger partial charge >= 0.3 is 6.01 Å². The molecule has 0 saturated heterocycles. The van der Waals surface area contributed by atoms with Gasteiger partial charge in [-0.25, -0.2) is 0 Å². The third-order valence-corrected chi connectivity index (χ3v) is 10.1. The van der Waals surface area contributed by atoms with Gasteiger partial charge in [-0.3, -0.25) is 4.57 Å². The number of para-hydroxylation sites is 4. The first-order chi connectivity index (χ1) is 24.3. The molecule has 0 aliphatic rings. The molecule has 49 heavy (non-hydrogen) atoms. The summed E-state index contributed by atoms with van der Waals surface area (Å²) in [6.07, 6.45) is 0. The Kier molecular flexibility index (Phi) is 5.35. The Balaban J connectivity index is 1.14. The summed E-state index contributed by atoms with van der Waals surface area (Å²) in [5, 5.41) is 9.87. The molecule has 3 aromatic heterocycles. The lowest BCUT2D eigenvalue weighted by molar-refractivity contribution is 0.574. The van der Waals surface area contributed by atoms with Gasteiger partial charge in [-0.2, -0.15) is 4.98 Å². The average molecular weight is 626 g/mol. The second kappa shape index (κ2) is 9.93. The molecule has 0 amide bonds. The van der Waals surface area contributed by atoms with Crippen LogP contribution >= 0.6 is 0 Å². The Morgan fingerprint density at radius 3 is 2.02 bits per heavy atom. The van der Waals surface area contributed by atoms with E-state index in [0.29, 0.717) is 6.01 Å². The molecular formula is C45H27N3O. The van der Waals surface area contributed by atoms with Crippen LogP contribution in [0.3, 0.4) is 0 Å². The number of fused-ring (bicyclic) bond motifs is 10. The normalized spacial score (nSPS) is 12.1. The van der Waals surface area contributed by atoms with Gasteiger partial charge in [0.25, 0.3) is 0 Å². The number of nitrogens with zero attached hydrogens (tertiary/aromatic N) is 3. The van der Waals surface area contributed by atoms with E-state index in [1.165, 1.54) is 59.9 Å². The highest BCUT2D eigenvalue weighted by atomic mass is 16.4. The van der Waals surface area contributed by atoms with Gasteiger partial charge in [0.1, 0.15) is 5.52 Å². The molecule has 0 unspecified atom stereocenters. The van der Waals surface area contributed by atoms with Crippen LogP contribution in [0.5, 0.6) is 0 Å². The second-order valence-corrected chi connectivity index (χ2v) is 12.8. The zero-order chi connectivity index (χ0) is 32.1. The summed E-state index contributed by atoms with van der Waals surface area (Å²) in [5.74, 6) is 0. The first-order valence-corrected chi connectivity index (χ1v) is 16.6. The van der Waals surface area contributed by atoms with Gasteiger partial charge in [0.05, 0.1) is 22.1 Å². The van der Waals surface area contributed by atoms with Crippen molar-refractivity contribution in [3.8, 4) is 22.8 Å². The lowest BCUT2D eigenvalue weighted by Crippen LogP contribution is -1.94. The maximum atomic E-state index is 6.29. The lowest BCUT2D eigenvalue weighted by atomic mass is 9.98. The Hall–Kier alpha value is -6.65. The third kappa shape index (κ3) is 3.77. The number of benzene rings is 8. The summed E-state index contributed by atoms with van der Waals surface area (Å²) in [7, 11) is 0. The van der Waals surface area contributed by atoms with Crippen LogP contribution < -0.4 is 0 Å². The minimum absolute atomic E-state index is 0.578. The quantitative estimate of drug-likeness (QED) is 0.183. The largest absolute Gasteiger partial charge is 0.423 e. The first-order valence-electron chi connectivity index (χ1n) is 16.6. The smallest absolute Gasteiger partial charge is 0.307 e. The molecule has 4 nitrogen and oxygen atoms in total. The maximum absolute atomic E-state index is 6.29. The van der Waals surface area contributed by atoms with Crippen LogP contribution in [0, 0.1) is 0 Å². The molecule has 0 aliphatic carbocycles. The molecule has 11 aromatic rings. The SMILES string of the molecule is c1ccc2c(c1)ccc1cc(-n3c4ccccc4c4c(-c5ccc6c(c5)c5ccccc5n6-c5nc6ccccc6o5)cccc43)ccc12. The van der Waals surface area contributed by atoms with E-state index in [1.54, 1.807) is 0 Å². The van der Waals surface area contributed by atoms with Crippen LogP contribution in [0.25, 0.3) is 99.1 Å². The highest BCUT2D eigenvalue weighted by Gasteiger charge is 2.20. The van der Waals surface area contributed by atoms with Gasteiger partial charge in [0, 0.05) is 27.2 Å². The molecule has 8 aromatic carbocycles. The van der Waals surface area contributed by atoms with Crippen molar-refractivity contribution in [1.82, 2.24) is 14.1 Å². The summed E-state index contributed by atoms with van der Waals surface area (Å²) in [6, 6.07) is 59.2. The van der Waals surface area contributed by atoms with Crippen molar-refractivity contribution in [2.75, 3.05) is 0 Å². The standard InChI is InChI=1S/C45H27N3O/c1-2-11-32-28(10-1)20-21-29-26-31(23-24-33(29)32)47-40-17-7-4-13-36(40)44-34(14-9-18-42(44)47)30-22-25-41-37(27-30)35-12-3-6-16-39(35)48(41)45-46-38-15-5-8-19-43(38)49-45/h1-27H. The zero-order valence-electron chi connectivity index (χ0n) is 26.3. The van der Waals surface area contributed by atoms with Crippen molar-refractivity contribution >= 4 is 76.3 Å². The molecule has 11 rings (SSSR count). The van der Waals surface area contributed by atoms with Crippen molar-refractivity contribution < 1.29 is 4.42 Å². The molecule has 0 spiro atoms. The van der Waals surface area contributed by atoms with Gasteiger partial charge in [-0.15, -0.1) is 0 Å². The molecule has 3 heterocycles. The monoisotopic (exact) mass is 625 g/mol. The highest BCUT2D eigenvalue weighted by molar-refractivity contribution is 6.18. The molecule has 0 N–H and O–H groups in total. The second-order valence-electron chi connectivity index (χ2n) is 12.8. The minimum Gasteiger partial charge on any atom is -0.423 e. The summed E-state index contributed by atoms with van der Waals surface area (Å²) in [6.45, 7) is 0. The fourth-order valence-electron chi connectivity index (χ4n) is 7.98. The minimum atomic E-state index is 0.578. The summed E-state index contributed by atoms with van der Waals surface area (Å²) in [5.41, 5.74) is 9.68. The van der Waals surface area contributed by atoms with Gasteiger partial charge < -0.3 is 8.98 Å². The Morgan fingerprint density at radius 2 is 1.12 bits per heavy atom. The summed E-state index contributed by atoms with van der Waals surface area (Å²) >= 11 is 0. The topological polar surface area (TPSA) is 35.9 Å². The highest BCUT2D eigenvalue weighted by Crippen LogP contribution is 2.41. The van der Waals surface area contributed by atoms with Gasteiger partial charge in [0.15, 0.2) is 5.58 Å². The van der Waals surface area contributed by atoms with Gasteiger partial charge in [-0.05, 0) is 87.3 Å². The number of oxazole rings is 1. The molecule has 228 valence electrons. The third-order valence-electron chi connectivity index (χ3n) is 10.1. The Bertz CT molecular complexity index is 3090. The van der Waals surface area contributed by atoms with Crippen molar-refractivity contribution in [2.45, 2.75) is 0 Å². The molecular weight excluding hydrogens is 599 g/mol. The Labute approximate surface area is 280 Å². The molecule has 4 heteroatoms. The van der Waals surface area contributed by atoms with Crippen LogP contribution in [-0.4, -0.2) is 14.1 Å². The van der Waals surface area contributed by atoms with Crippen molar-refractivity contribution in [3.63, 3.8) is 0 Å². The van der Waals surface area contributed by atoms with Crippen molar-refractivity contribution in [3.05, 3.63) is 164 Å². The predicted molar refractivity (Wildman–Crippen MR) is 203 cm³/mol. The first kappa shape index (κ1) is 26.4. The molecule has 0 bridgehead atoms. The summed E-state index contributed by atoms with van der Waals surface area (Å²) in [4.78, 5) is 4.87. The van der Waals surface area contributed by atoms with E-state index in [0.717, 1.165) is 33.2 Å². The van der Waals surface area contributed by atoms with E-state index in [9.17, 15) is 0 Å².